The Hall–Kier alpha value is -7.58. The van der Waals surface area contributed by atoms with Gasteiger partial charge in [0.1, 0.15) is 26.4 Å². The largest absolute Gasteiger partial charge is 0.478 e. The van der Waals surface area contributed by atoms with Crippen molar-refractivity contribution in [3.8, 4) is 35.2 Å². The van der Waals surface area contributed by atoms with Crippen LogP contribution in [0.4, 0.5) is 10.6 Å². The lowest BCUT2D eigenvalue weighted by atomic mass is 9.93. The van der Waals surface area contributed by atoms with Crippen LogP contribution in [0.25, 0.3) is 11.6 Å². The zero-order chi connectivity index (χ0) is 65.9. The summed E-state index contributed by atoms with van der Waals surface area (Å²) in [5.41, 5.74) is -0.279. The highest BCUT2D eigenvalue weighted by atomic mass is 35.5. The van der Waals surface area contributed by atoms with Crippen molar-refractivity contribution in [2.45, 2.75) is 179 Å². The summed E-state index contributed by atoms with van der Waals surface area (Å²) in [7, 11) is -8.44. The molecule has 92 heavy (non-hydrogen) atoms. The highest BCUT2D eigenvalue weighted by molar-refractivity contribution is 7.90. The molecular weight excluding hydrogens is 1240 g/mol. The molecule has 2 N–H and O–H groups in total. The summed E-state index contributed by atoms with van der Waals surface area (Å²) in [6.07, 6.45) is 19.6. The molecule has 0 aromatic carbocycles. The molecule has 24 nitrogen and oxygen atoms in total. The second-order valence-electron chi connectivity index (χ2n) is 27.8. The maximum atomic E-state index is 13.6. The van der Waals surface area contributed by atoms with Gasteiger partial charge >= 0.3 is 6.09 Å². The van der Waals surface area contributed by atoms with Gasteiger partial charge in [-0.05, 0) is 197 Å². The first-order chi connectivity index (χ1) is 43.4. The average Bonchev–Trinajstić information content (AvgIpc) is 1.66. The lowest BCUT2D eigenvalue weighted by Crippen LogP contribution is -2.45. The molecule has 2 aliphatic carbocycles. The van der Waals surface area contributed by atoms with Crippen molar-refractivity contribution < 1.29 is 54.9 Å². The zero-order valence-electron chi connectivity index (χ0n) is 53.9. The second-order valence-corrected chi connectivity index (χ2v) is 31.5. The van der Waals surface area contributed by atoms with E-state index in [-0.39, 0.29) is 49.1 Å². The number of carbonyl (C=O) groups is 3. The molecule has 2 saturated carbocycles. The van der Waals surface area contributed by atoms with Crippen molar-refractivity contribution in [2.75, 3.05) is 44.4 Å². The van der Waals surface area contributed by atoms with Gasteiger partial charge in [0.2, 0.25) is 23.5 Å². The summed E-state index contributed by atoms with van der Waals surface area (Å²) in [5.74, 6) is 1.91. The number of sulfonamides is 2. The molecule has 4 fully saturated rings. The van der Waals surface area contributed by atoms with Gasteiger partial charge in [-0.15, -0.1) is 10.2 Å². The molecule has 2 atom stereocenters. The van der Waals surface area contributed by atoms with Crippen LogP contribution in [0.15, 0.2) is 95.2 Å². The van der Waals surface area contributed by atoms with Crippen LogP contribution in [0.3, 0.4) is 0 Å². The fourth-order valence-electron chi connectivity index (χ4n) is 11.7. The number of likely N-dealkylation sites (tertiary alicyclic amines) is 1. The van der Waals surface area contributed by atoms with Crippen LogP contribution in [-0.2, 0) is 24.8 Å². The fourth-order valence-corrected chi connectivity index (χ4v) is 13.8. The quantitative estimate of drug-likeness (QED) is 0.0563. The van der Waals surface area contributed by atoms with Crippen molar-refractivity contribution in [1.82, 2.24) is 53.8 Å². The molecule has 6 aromatic rings. The maximum Gasteiger partial charge on any atom is 0.410 e. The summed E-state index contributed by atoms with van der Waals surface area (Å²) < 4.78 is 88.2. The molecule has 6 aromatic heterocycles. The van der Waals surface area contributed by atoms with Crippen molar-refractivity contribution in [2.24, 2.45) is 22.7 Å². The summed E-state index contributed by atoms with van der Waals surface area (Å²) in [6, 6.07) is 15.3. The maximum absolute atomic E-state index is 13.6. The second kappa shape index (κ2) is 27.2. The van der Waals surface area contributed by atoms with E-state index in [9.17, 15) is 31.2 Å². The van der Waals surface area contributed by atoms with E-state index >= 15 is 0 Å². The Kier molecular flexibility index (Phi) is 19.9. The Labute approximate surface area is 544 Å². The molecule has 2 unspecified atom stereocenters. The standard InChI is InChI=1S/C35H47ClN6O7S.C30H38N6O5S/c1-33(2,3)49-32(44)41-23-24(21-34(41,4)5)9-7-8-19-47-28-13-10-25(22-37-28)50(45,46)40-31(43)26-11-12-27(38-30(26)36)42-18-14-29(39-42)48-20-17-35(6)15-16-35;1-29(2)18-21-6-4-5-16-40-25-10-7-22(19-31-25)42(38,39)34-28(37)23-8-9-24(32-27(23)35(29)20-21)36-15-11-26(33-36)41-17-14-30(3)12-13-30/h10-14,18,22,24H,7-9,15-17,19-21,23H2,1-6H3,(H,40,43);7-11,15,19,21H,4-6,12-14,16-18,20H2,1-3H3,(H,34,37). The van der Waals surface area contributed by atoms with E-state index in [1.165, 1.54) is 73.0 Å². The zero-order valence-corrected chi connectivity index (χ0v) is 56.3. The monoisotopic (exact) mass is 1320 g/mol. The van der Waals surface area contributed by atoms with Crippen molar-refractivity contribution >= 4 is 55.4 Å². The van der Waals surface area contributed by atoms with Crippen LogP contribution in [0.2, 0.25) is 5.15 Å². The van der Waals surface area contributed by atoms with Crippen molar-refractivity contribution in [3.05, 3.63) is 102 Å². The number of rotatable bonds is 19. The number of halogens is 1. The van der Waals surface area contributed by atoms with E-state index in [0.29, 0.717) is 97.3 Å². The van der Waals surface area contributed by atoms with E-state index in [0.717, 1.165) is 70.4 Å². The number of pyridine rings is 4. The number of carbonyl (C=O) groups excluding carboxylic acids is 3. The molecule has 27 heteroatoms. The molecule has 3 amide bonds. The minimum atomic E-state index is -4.26. The molecule has 12 rings (SSSR count). The third-order valence-corrected chi connectivity index (χ3v) is 20.6. The molecule has 4 aliphatic heterocycles. The molecule has 10 heterocycles. The number of nitrogens with zero attached hydrogens (tertiary/aromatic N) is 10. The van der Waals surface area contributed by atoms with Gasteiger partial charge in [0.25, 0.3) is 31.9 Å². The summed E-state index contributed by atoms with van der Waals surface area (Å²) in [5, 5.41) is 8.73. The molecule has 2 saturated heterocycles. The van der Waals surface area contributed by atoms with Gasteiger partial charge in [0.15, 0.2) is 11.6 Å². The van der Waals surface area contributed by atoms with E-state index in [1.807, 2.05) is 30.4 Å². The van der Waals surface area contributed by atoms with Gasteiger partial charge in [-0.2, -0.15) is 0 Å². The fraction of sp³-hybridized carbons (Fsp3) is 0.554. The Morgan fingerprint density at radius 1 is 0.750 bits per heavy atom. The number of anilines is 1. The van der Waals surface area contributed by atoms with E-state index < -0.39 is 37.5 Å². The van der Waals surface area contributed by atoms with Gasteiger partial charge in [0.05, 0.1) is 49.9 Å². The van der Waals surface area contributed by atoms with E-state index in [4.69, 9.17) is 40.3 Å². The summed E-state index contributed by atoms with van der Waals surface area (Å²) in [4.78, 5) is 60.1. The highest BCUT2D eigenvalue weighted by Crippen LogP contribution is 2.49. The van der Waals surface area contributed by atoms with Crippen LogP contribution < -0.4 is 33.3 Å². The normalized spacial score (nSPS) is 20.1. The van der Waals surface area contributed by atoms with Gasteiger partial charge in [-0.1, -0.05) is 25.4 Å². The highest BCUT2D eigenvalue weighted by Gasteiger charge is 2.44. The SMILES string of the molecule is CC1(CCOc2ccn(-c3ccc(C(=O)NS(=O)(=O)c4ccc(OCCCCC5CN(C(=O)OC(C)(C)C)C(C)(C)C5)nc4)c(Cl)n3)n2)CC1.CC1(CCOc2ccn(-c3ccc4c(n3)N3CC(CCCCOc5ccc(cn5)S(=O)(=O)NC4=O)CC3(C)C)n2)CC1. The predicted molar refractivity (Wildman–Crippen MR) is 344 cm³/mol. The van der Waals surface area contributed by atoms with Crippen LogP contribution in [-0.4, -0.2) is 135 Å². The van der Waals surface area contributed by atoms with Crippen molar-refractivity contribution in [3.63, 3.8) is 0 Å². The van der Waals surface area contributed by atoms with Crippen LogP contribution >= 0.6 is 11.6 Å². The number of nitrogens with one attached hydrogen (secondary N) is 2. The number of unbranched alkanes of at least 4 members (excludes halogenated alkanes) is 1. The smallest absolute Gasteiger partial charge is 0.410 e. The number of hydrogen-bond donors (Lipinski definition) is 2. The third kappa shape index (κ3) is 17.4. The van der Waals surface area contributed by atoms with Gasteiger partial charge in [0, 0.05) is 60.8 Å². The van der Waals surface area contributed by atoms with E-state index in [1.54, 1.807) is 41.3 Å². The molecule has 0 spiro atoms. The molecule has 496 valence electrons. The Bertz CT molecular complexity index is 3850. The molecule has 0 radical (unpaired) electrons. The van der Waals surface area contributed by atoms with Gasteiger partial charge in [-0.25, -0.2) is 60.4 Å². The van der Waals surface area contributed by atoms with Crippen molar-refractivity contribution in [1.29, 1.82) is 0 Å². The Balaban J connectivity index is 0.000000204. The topological polar surface area (TPSA) is 283 Å². The number of fused-ring (bicyclic) bond motifs is 8. The average molecular weight is 1330 g/mol. The Morgan fingerprint density at radius 3 is 2.01 bits per heavy atom. The number of aromatic nitrogens is 8. The lowest BCUT2D eigenvalue weighted by Gasteiger charge is -2.34. The Morgan fingerprint density at radius 2 is 1.40 bits per heavy atom. The molecule has 6 aliphatic rings. The molecular formula is C65H85ClN12O12S2. The first-order valence-electron chi connectivity index (χ1n) is 31.6. The molecule has 4 bridgehead atoms. The first-order valence-corrected chi connectivity index (χ1v) is 34.9. The number of hydrogen-bond acceptors (Lipinski definition) is 19. The minimum Gasteiger partial charge on any atom is -0.478 e. The third-order valence-electron chi connectivity index (χ3n) is 17.7. The van der Waals surface area contributed by atoms with Crippen LogP contribution in [0.1, 0.15) is 173 Å². The predicted octanol–water partition coefficient (Wildman–Crippen LogP) is 11.1. The summed E-state index contributed by atoms with van der Waals surface area (Å²) >= 11 is 6.29. The van der Waals surface area contributed by atoms with E-state index in [2.05, 4.69) is 76.3 Å². The number of amides is 3. The van der Waals surface area contributed by atoms with Gasteiger partial charge in [-0.3, -0.25) is 9.59 Å². The summed E-state index contributed by atoms with van der Waals surface area (Å²) in [6.45, 7) is 21.9. The number of ether oxygens (including phenoxy) is 5. The minimum absolute atomic E-state index is 0.119. The van der Waals surface area contributed by atoms with Crippen LogP contribution in [0, 0.1) is 22.7 Å². The first kappa shape index (κ1) is 67.3. The van der Waals surface area contributed by atoms with Gasteiger partial charge < -0.3 is 33.5 Å². The van der Waals surface area contributed by atoms with Crippen LogP contribution in [0.5, 0.6) is 23.5 Å². The lowest BCUT2D eigenvalue weighted by molar-refractivity contribution is 0.0130.